The van der Waals surface area contributed by atoms with Gasteiger partial charge < -0.3 is 14.9 Å². The molecule has 0 amide bonds. The first-order chi connectivity index (χ1) is 9.24. The van der Waals surface area contributed by atoms with Crippen molar-refractivity contribution in [3.63, 3.8) is 0 Å². The van der Waals surface area contributed by atoms with Gasteiger partial charge in [0.25, 0.3) is 0 Å². The van der Waals surface area contributed by atoms with Gasteiger partial charge in [-0.15, -0.1) is 11.3 Å². The third kappa shape index (κ3) is 2.35. The number of benzene rings is 2. The van der Waals surface area contributed by atoms with Gasteiger partial charge in [0.15, 0.2) is 0 Å². The topological polar surface area (TPSA) is 49.7 Å². The van der Waals surface area contributed by atoms with Crippen LogP contribution in [0.5, 0.6) is 17.2 Å². The summed E-state index contributed by atoms with van der Waals surface area (Å²) in [5, 5.41) is 22.1. The Balaban J connectivity index is 1.86. The molecule has 4 heteroatoms. The van der Waals surface area contributed by atoms with Crippen molar-refractivity contribution >= 4 is 21.4 Å². The average Bonchev–Trinajstić information content (AvgIpc) is 2.81. The molecule has 1 aromatic heterocycles. The zero-order valence-electron chi connectivity index (χ0n) is 10.0. The highest BCUT2D eigenvalue weighted by atomic mass is 32.1. The van der Waals surface area contributed by atoms with Crippen LogP contribution in [0.25, 0.3) is 10.1 Å². The van der Waals surface area contributed by atoms with E-state index in [-0.39, 0.29) is 11.5 Å². The summed E-state index contributed by atoms with van der Waals surface area (Å²) in [5.41, 5.74) is 0.946. The predicted octanol–water partition coefficient (Wildman–Crippen LogP) is 3.89. The first-order valence-electron chi connectivity index (χ1n) is 5.84. The van der Waals surface area contributed by atoms with Gasteiger partial charge in [-0.3, -0.25) is 0 Å². The van der Waals surface area contributed by atoms with Crippen LogP contribution in [0.1, 0.15) is 5.56 Å². The monoisotopic (exact) mass is 272 g/mol. The van der Waals surface area contributed by atoms with Crippen LogP contribution in [0.4, 0.5) is 0 Å². The van der Waals surface area contributed by atoms with Crippen LogP contribution in [0.15, 0.2) is 47.8 Å². The molecule has 0 aliphatic heterocycles. The molecule has 3 rings (SSSR count). The minimum Gasteiger partial charge on any atom is -0.508 e. The molecular weight excluding hydrogens is 260 g/mol. The van der Waals surface area contributed by atoms with Crippen molar-refractivity contribution in [2.45, 2.75) is 6.61 Å². The average molecular weight is 272 g/mol. The van der Waals surface area contributed by atoms with Gasteiger partial charge in [-0.1, -0.05) is 12.1 Å². The molecule has 19 heavy (non-hydrogen) atoms. The minimum atomic E-state index is 0.176. The molecule has 0 radical (unpaired) electrons. The summed E-state index contributed by atoms with van der Waals surface area (Å²) in [6.07, 6.45) is 0. The van der Waals surface area contributed by atoms with Crippen LogP contribution in [-0.2, 0) is 6.61 Å². The Labute approximate surface area is 114 Å². The molecule has 96 valence electrons. The molecular formula is C15H12O3S. The van der Waals surface area contributed by atoms with E-state index in [1.807, 2.05) is 17.5 Å². The fraction of sp³-hybridized carbons (Fsp3) is 0.0667. The third-order valence-electron chi connectivity index (χ3n) is 2.87. The quantitative estimate of drug-likeness (QED) is 0.760. The van der Waals surface area contributed by atoms with Gasteiger partial charge in [0.05, 0.1) is 0 Å². The van der Waals surface area contributed by atoms with E-state index in [4.69, 9.17) is 4.74 Å². The summed E-state index contributed by atoms with van der Waals surface area (Å²) in [4.78, 5) is 0. The van der Waals surface area contributed by atoms with E-state index in [1.54, 1.807) is 41.7 Å². The van der Waals surface area contributed by atoms with Gasteiger partial charge in [0.2, 0.25) is 0 Å². The SMILES string of the molecule is Oc1cccc(OCc2csc3cccc(O)c23)c1. The van der Waals surface area contributed by atoms with Gasteiger partial charge in [-0.05, 0) is 29.6 Å². The molecule has 3 aromatic rings. The van der Waals surface area contributed by atoms with Gasteiger partial charge >= 0.3 is 0 Å². The Hall–Kier alpha value is -2.20. The summed E-state index contributed by atoms with van der Waals surface area (Å²) in [6.45, 7) is 0.362. The van der Waals surface area contributed by atoms with E-state index in [2.05, 4.69) is 0 Å². The number of aromatic hydroxyl groups is 2. The molecule has 0 aliphatic carbocycles. The van der Waals surface area contributed by atoms with Crippen molar-refractivity contribution in [2.75, 3.05) is 0 Å². The van der Waals surface area contributed by atoms with Gasteiger partial charge in [0, 0.05) is 21.7 Å². The highest BCUT2D eigenvalue weighted by Crippen LogP contribution is 2.33. The summed E-state index contributed by atoms with van der Waals surface area (Å²) in [5.74, 6) is 1.05. The summed E-state index contributed by atoms with van der Waals surface area (Å²) in [7, 11) is 0. The molecule has 0 spiro atoms. The third-order valence-corrected chi connectivity index (χ3v) is 3.86. The summed E-state index contributed by atoms with van der Waals surface area (Å²) >= 11 is 1.58. The van der Waals surface area contributed by atoms with E-state index in [9.17, 15) is 10.2 Å². The van der Waals surface area contributed by atoms with Crippen molar-refractivity contribution < 1.29 is 14.9 Å². The molecule has 0 saturated heterocycles. The van der Waals surface area contributed by atoms with E-state index < -0.39 is 0 Å². The fourth-order valence-electron chi connectivity index (χ4n) is 1.97. The summed E-state index contributed by atoms with van der Waals surface area (Å²) in [6, 6.07) is 12.1. The van der Waals surface area contributed by atoms with E-state index in [0.717, 1.165) is 15.6 Å². The van der Waals surface area contributed by atoms with Crippen LogP contribution in [-0.4, -0.2) is 10.2 Å². The Morgan fingerprint density at radius 1 is 1.05 bits per heavy atom. The highest BCUT2D eigenvalue weighted by molar-refractivity contribution is 7.17. The molecule has 0 atom stereocenters. The van der Waals surface area contributed by atoms with E-state index >= 15 is 0 Å². The van der Waals surface area contributed by atoms with Crippen molar-refractivity contribution in [1.82, 2.24) is 0 Å². The predicted molar refractivity (Wildman–Crippen MR) is 75.9 cm³/mol. The number of phenolic OH excluding ortho intramolecular Hbond substituents is 2. The lowest BCUT2D eigenvalue weighted by Crippen LogP contribution is -1.94. The maximum absolute atomic E-state index is 9.89. The number of fused-ring (bicyclic) bond motifs is 1. The number of hydrogen-bond acceptors (Lipinski definition) is 4. The molecule has 2 aromatic carbocycles. The van der Waals surface area contributed by atoms with Crippen LogP contribution < -0.4 is 4.74 Å². The second kappa shape index (κ2) is 4.82. The molecule has 0 unspecified atom stereocenters. The first kappa shape index (κ1) is 11.9. The van der Waals surface area contributed by atoms with E-state index in [0.29, 0.717) is 12.4 Å². The molecule has 2 N–H and O–H groups in total. The minimum absolute atomic E-state index is 0.176. The Morgan fingerprint density at radius 3 is 2.74 bits per heavy atom. The lowest BCUT2D eigenvalue weighted by molar-refractivity contribution is 0.306. The first-order valence-corrected chi connectivity index (χ1v) is 6.72. The zero-order chi connectivity index (χ0) is 13.2. The number of thiophene rings is 1. The molecule has 0 saturated carbocycles. The number of rotatable bonds is 3. The molecule has 3 nitrogen and oxygen atoms in total. The van der Waals surface area contributed by atoms with Gasteiger partial charge in [-0.2, -0.15) is 0 Å². The second-order valence-electron chi connectivity index (χ2n) is 4.20. The number of hydrogen-bond donors (Lipinski definition) is 2. The Bertz CT molecular complexity index is 718. The van der Waals surface area contributed by atoms with Crippen molar-refractivity contribution in [1.29, 1.82) is 0 Å². The van der Waals surface area contributed by atoms with Crippen LogP contribution >= 0.6 is 11.3 Å². The maximum atomic E-state index is 9.89. The second-order valence-corrected chi connectivity index (χ2v) is 5.11. The van der Waals surface area contributed by atoms with Crippen molar-refractivity contribution in [3.8, 4) is 17.2 Å². The normalized spacial score (nSPS) is 10.7. The lowest BCUT2D eigenvalue weighted by Gasteiger charge is -2.06. The lowest BCUT2D eigenvalue weighted by atomic mass is 10.1. The maximum Gasteiger partial charge on any atom is 0.124 e. The Kier molecular flexibility index (Phi) is 3.01. The van der Waals surface area contributed by atoms with Crippen LogP contribution in [0.2, 0.25) is 0 Å². The standard InChI is InChI=1S/C15H12O3S/c16-11-3-1-4-12(7-11)18-8-10-9-19-14-6-2-5-13(17)15(10)14/h1-7,9,16-17H,8H2. The fourth-order valence-corrected chi connectivity index (χ4v) is 2.94. The number of ether oxygens (including phenoxy) is 1. The van der Waals surface area contributed by atoms with Gasteiger partial charge in [-0.25, -0.2) is 0 Å². The van der Waals surface area contributed by atoms with E-state index in [1.165, 1.54) is 0 Å². The molecule has 0 bridgehead atoms. The molecule has 0 aliphatic rings. The number of phenols is 2. The van der Waals surface area contributed by atoms with Gasteiger partial charge in [0.1, 0.15) is 23.9 Å². The Morgan fingerprint density at radius 2 is 1.89 bits per heavy atom. The molecule has 0 fully saturated rings. The van der Waals surface area contributed by atoms with Crippen molar-refractivity contribution in [2.24, 2.45) is 0 Å². The van der Waals surface area contributed by atoms with Crippen LogP contribution in [0, 0.1) is 0 Å². The van der Waals surface area contributed by atoms with Crippen LogP contribution in [0.3, 0.4) is 0 Å². The smallest absolute Gasteiger partial charge is 0.124 e. The molecule has 1 heterocycles. The largest absolute Gasteiger partial charge is 0.508 e. The highest BCUT2D eigenvalue weighted by Gasteiger charge is 2.08. The van der Waals surface area contributed by atoms with Crippen molar-refractivity contribution in [3.05, 3.63) is 53.4 Å². The zero-order valence-corrected chi connectivity index (χ0v) is 10.9. The summed E-state index contributed by atoms with van der Waals surface area (Å²) < 4.78 is 6.67.